The van der Waals surface area contributed by atoms with Crippen molar-refractivity contribution in [2.45, 2.75) is 26.2 Å². The zero-order chi connectivity index (χ0) is 11.5. The third-order valence-corrected chi connectivity index (χ3v) is 3.26. The fraction of sp³-hybridized carbons (Fsp3) is 0.636. The van der Waals surface area contributed by atoms with Gasteiger partial charge < -0.3 is 5.32 Å². The van der Waals surface area contributed by atoms with Gasteiger partial charge in [0.15, 0.2) is 11.6 Å². The van der Waals surface area contributed by atoms with Crippen molar-refractivity contribution in [2.75, 3.05) is 11.9 Å². The topological polar surface area (TPSA) is 37.8 Å². The van der Waals surface area contributed by atoms with Crippen molar-refractivity contribution in [2.24, 2.45) is 11.8 Å². The van der Waals surface area contributed by atoms with Crippen molar-refractivity contribution >= 4 is 17.4 Å². The van der Waals surface area contributed by atoms with Crippen LogP contribution in [-0.2, 0) is 0 Å². The van der Waals surface area contributed by atoms with Crippen molar-refractivity contribution in [3.63, 3.8) is 0 Å². The molecule has 0 aliphatic heterocycles. The standard InChI is InChI=1S/C11H15ClFN3/c1-7-2-3-8(4-7)5-14-10-9(13)6-15-11(12)16-10/h6-8H,2-5H2,1H3,(H,14,15,16). The van der Waals surface area contributed by atoms with E-state index in [-0.39, 0.29) is 11.1 Å². The minimum Gasteiger partial charge on any atom is -0.367 e. The summed E-state index contributed by atoms with van der Waals surface area (Å²) in [7, 11) is 0. The normalized spacial score (nSPS) is 24.7. The van der Waals surface area contributed by atoms with E-state index in [0.717, 1.165) is 18.7 Å². The molecule has 0 amide bonds. The number of rotatable bonds is 3. The predicted molar refractivity (Wildman–Crippen MR) is 62.0 cm³/mol. The Hall–Kier alpha value is -0.900. The van der Waals surface area contributed by atoms with Gasteiger partial charge in [-0.1, -0.05) is 13.3 Å². The minimum atomic E-state index is -0.449. The lowest BCUT2D eigenvalue weighted by Gasteiger charge is -2.11. The summed E-state index contributed by atoms with van der Waals surface area (Å²) in [5.41, 5.74) is 0. The summed E-state index contributed by atoms with van der Waals surface area (Å²) in [5.74, 6) is 1.16. The molecule has 1 N–H and O–H groups in total. The van der Waals surface area contributed by atoms with Crippen molar-refractivity contribution in [1.82, 2.24) is 9.97 Å². The van der Waals surface area contributed by atoms with Gasteiger partial charge in [-0.25, -0.2) is 9.37 Å². The average Bonchev–Trinajstić information content (AvgIpc) is 2.66. The Labute approximate surface area is 99.4 Å². The summed E-state index contributed by atoms with van der Waals surface area (Å²) < 4.78 is 13.3. The van der Waals surface area contributed by atoms with Crippen LogP contribution in [0.1, 0.15) is 26.2 Å². The van der Waals surface area contributed by atoms with Crippen LogP contribution in [0.5, 0.6) is 0 Å². The fourth-order valence-electron chi connectivity index (χ4n) is 2.22. The van der Waals surface area contributed by atoms with Gasteiger partial charge in [0.05, 0.1) is 6.20 Å². The highest BCUT2D eigenvalue weighted by Crippen LogP contribution is 2.30. The van der Waals surface area contributed by atoms with Gasteiger partial charge in [-0.05, 0) is 36.3 Å². The van der Waals surface area contributed by atoms with Crippen LogP contribution in [0.15, 0.2) is 6.20 Å². The molecule has 1 fully saturated rings. The van der Waals surface area contributed by atoms with Gasteiger partial charge in [0.2, 0.25) is 5.28 Å². The van der Waals surface area contributed by atoms with Gasteiger partial charge in [-0.15, -0.1) is 0 Å². The Morgan fingerprint density at radius 3 is 3.06 bits per heavy atom. The molecule has 1 aliphatic rings. The van der Waals surface area contributed by atoms with Crippen LogP contribution in [0.4, 0.5) is 10.2 Å². The maximum Gasteiger partial charge on any atom is 0.224 e. The molecule has 2 rings (SSSR count). The smallest absolute Gasteiger partial charge is 0.224 e. The number of anilines is 1. The molecule has 0 aromatic carbocycles. The summed E-state index contributed by atoms with van der Waals surface area (Å²) in [6, 6.07) is 0. The second-order valence-electron chi connectivity index (χ2n) is 4.50. The maximum atomic E-state index is 13.3. The molecule has 0 saturated heterocycles. The lowest BCUT2D eigenvalue weighted by atomic mass is 10.1. The molecule has 0 spiro atoms. The maximum absolute atomic E-state index is 13.3. The highest BCUT2D eigenvalue weighted by molar-refractivity contribution is 6.28. The molecule has 5 heteroatoms. The number of hydrogen-bond acceptors (Lipinski definition) is 3. The van der Waals surface area contributed by atoms with Gasteiger partial charge >= 0.3 is 0 Å². The number of nitrogens with zero attached hydrogens (tertiary/aromatic N) is 2. The zero-order valence-corrected chi connectivity index (χ0v) is 9.97. The molecule has 0 bridgehead atoms. The van der Waals surface area contributed by atoms with Crippen LogP contribution < -0.4 is 5.32 Å². The predicted octanol–water partition coefficient (Wildman–Crippen LogP) is 3.12. The summed E-state index contributed by atoms with van der Waals surface area (Å²) in [6.07, 6.45) is 4.76. The summed E-state index contributed by atoms with van der Waals surface area (Å²) in [5, 5.41) is 3.08. The molecule has 1 aliphatic carbocycles. The Bertz CT molecular complexity index is 372. The Morgan fingerprint density at radius 1 is 1.56 bits per heavy atom. The zero-order valence-electron chi connectivity index (χ0n) is 9.21. The second-order valence-corrected chi connectivity index (χ2v) is 4.84. The highest BCUT2D eigenvalue weighted by Gasteiger charge is 2.21. The quantitative estimate of drug-likeness (QED) is 0.829. The van der Waals surface area contributed by atoms with Crippen molar-refractivity contribution in [1.29, 1.82) is 0 Å². The third-order valence-electron chi connectivity index (χ3n) is 3.08. The van der Waals surface area contributed by atoms with Crippen LogP contribution in [0, 0.1) is 17.7 Å². The van der Waals surface area contributed by atoms with Crippen LogP contribution in [-0.4, -0.2) is 16.5 Å². The van der Waals surface area contributed by atoms with E-state index in [0.29, 0.717) is 5.92 Å². The molecule has 1 saturated carbocycles. The van der Waals surface area contributed by atoms with Gasteiger partial charge in [-0.3, -0.25) is 0 Å². The largest absolute Gasteiger partial charge is 0.367 e. The molecule has 88 valence electrons. The minimum absolute atomic E-state index is 0.0729. The van der Waals surface area contributed by atoms with Crippen LogP contribution in [0.2, 0.25) is 5.28 Å². The molecule has 16 heavy (non-hydrogen) atoms. The number of nitrogens with one attached hydrogen (secondary N) is 1. The van der Waals surface area contributed by atoms with E-state index in [2.05, 4.69) is 22.2 Å². The fourth-order valence-corrected chi connectivity index (χ4v) is 2.35. The molecule has 0 radical (unpaired) electrons. The molecular weight excluding hydrogens is 229 g/mol. The van der Waals surface area contributed by atoms with Crippen LogP contribution >= 0.6 is 11.6 Å². The van der Waals surface area contributed by atoms with Gasteiger partial charge in [0.25, 0.3) is 0 Å². The van der Waals surface area contributed by atoms with E-state index in [1.54, 1.807) is 0 Å². The molecule has 1 aromatic heterocycles. The van der Waals surface area contributed by atoms with E-state index in [4.69, 9.17) is 11.6 Å². The van der Waals surface area contributed by atoms with Crippen molar-refractivity contribution < 1.29 is 4.39 Å². The van der Waals surface area contributed by atoms with Gasteiger partial charge in [0, 0.05) is 6.54 Å². The first-order valence-electron chi connectivity index (χ1n) is 5.57. The first-order chi connectivity index (χ1) is 7.65. The van der Waals surface area contributed by atoms with E-state index in [1.165, 1.54) is 19.3 Å². The van der Waals surface area contributed by atoms with Gasteiger partial charge in [0.1, 0.15) is 0 Å². The Balaban J connectivity index is 1.91. The SMILES string of the molecule is CC1CCC(CNc2nc(Cl)ncc2F)C1. The average molecular weight is 244 g/mol. The number of aromatic nitrogens is 2. The molecule has 1 heterocycles. The van der Waals surface area contributed by atoms with Crippen LogP contribution in [0.25, 0.3) is 0 Å². The number of halogens is 2. The lowest BCUT2D eigenvalue weighted by Crippen LogP contribution is -2.13. The Morgan fingerprint density at radius 2 is 2.38 bits per heavy atom. The molecule has 3 nitrogen and oxygen atoms in total. The molecule has 2 atom stereocenters. The molecule has 1 aromatic rings. The molecular formula is C11H15ClFN3. The van der Waals surface area contributed by atoms with E-state index in [9.17, 15) is 4.39 Å². The van der Waals surface area contributed by atoms with Crippen molar-refractivity contribution in [3.05, 3.63) is 17.3 Å². The Kier molecular flexibility index (Phi) is 3.59. The first-order valence-corrected chi connectivity index (χ1v) is 5.95. The van der Waals surface area contributed by atoms with E-state index in [1.807, 2.05) is 0 Å². The highest BCUT2D eigenvalue weighted by atomic mass is 35.5. The summed E-state index contributed by atoms with van der Waals surface area (Å²) in [4.78, 5) is 7.39. The van der Waals surface area contributed by atoms with E-state index < -0.39 is 5.82 Å². The number of hydrogen-bond donors (Lipinski definition) is 1. The third kappa shape index (κ3) is 2.82. The van der Waals surface area contributed by atoms with Gasteiger partial charge in [-0.2, -0.15) is 4.98 Å². The van der Waals surface area contributed by atoms with Crippen molar-refractivity contribution in [3.8, 4) is 0 Å². The monoisotopic (exact) mass is 243 g/mol. The molecule has 2 unspecified atom stereocenters. The summed E-state index contributed by atoms with van der Waals surface area (Å²) >= 11 is 5.61. The second kappa shape index (κ2) is 4.95. The van der Waals surface area contributed by atoms with Crippen LogP contribution in [0.3, 0.4) is 0 Å². The summed E-state index contributed by atoms with van der Waals surface area (Å²) in [6.45, 7) is 3.01. The van der Waals surface area contributed by atoms with E-state index >= 15 is 0 Å². The first kappa shape index (κ1) is 11.6. The lowest BCUT2D eigenvalue weighted by molar-refractivity contribution is 0.533.